The summed E-state index contributed by atoms with van der Waals surface area (Å²) >= 11 is 13.6. The van der Waals surface area contributed by atoms with E-state index in [1.165, 1.54) is 0 Å². The molecule has 21 heavy (non-hydrogen) atoms. The largest absolute Gasteiger partial charge is 0.467 e. The summed E-state index contributed by atoms with van der Waals surface area (Å²) < 4.78 is 6.39. The standard InChI is InChI=1S/C15H19ClN2OS2/c1-9-6-10(16)7-11-12-8-15(2,19-13(9)11)18(4-5-21-3)14(20)17-12/h6-7,12H,4-5,8H2,1-3H3,(H,17,20). The average molecular weight is 343 g/mol. The van der Waals surface area contributed by atoms with E-state index in [1.54, 1.807) is 0 Å². The van der Waals surface area contributed by atoms with Crippen LogP contribution in [0.5, 0.6) is 5.75 Å². The van der Waals surface area contributed by atoms with Crippen LogP contribution in [0.15, 0.2) is 12.1 Å². The first-order valence-electron chi connectivity index (χ1n) is 7.01. The second kappa shape index (κ2) is 5.52. The Labute approximate surface area is 140 Å². The fraction of sp³-hybridized carbons (Fsp3) is 0.533. The third-order valence-corrected chi connectivity index (χ3v) is 5.33. The summed E-state index contributed by atoms with van der Waals surface area (Å²) in [5.74, 6) is 1.97. The quantitative estimate of drug-likeness (QED) is 0.843. The lowest BCUT2D eigenvalue weighted by molar-refractivity contribution is -0.0658. The van der Waals surface area contributed by atoms with Crippen molar-refractivity contribution in [3.05, 3.63) is 28.3 Å². The van der Waals surface area contributed by atoms with Gasteiger partial charge >= 0.3 is 0 Å². The Balaban J connectivity index is 2.01. The molecule has 2 atom stereocenters. The van der Waals surface area contributed by atoms with Crippen LogP contribution in [0.25, 0.3) is 0 Å². The average Bonchev–Trinajstić information content (AvgIpc) is 2.40. The number of rotatable bonds is 3. The molecule has 2 aliphatic rings. The van der Waals surface area contributed by atoms with E-state index in [2.05, 4.69) is 23.4 Å². The molecule has 6 heteroatoms. The number of ether oxygens (including phenoxy) is 1. The molecule has 2 bridgehead atoms. The fourth-order valence-electron chi connectivity index (χ4n) is 3.16. The summed E-state index contributed by atoms with van der Waals surface area (Å²) in [7, 11) is 0. The summed E-state index contributed by atoms with van der Waals surface area (Å²) in [4.78, 5) is 2.17. The lowest BCUT2D eigenvalue weighted by atomic mass is 9.89. The van der Waals surface area contributed by atoms with E-state index in [0.717, 1.165) is 45.7 Å². The van der Waals surface area contributed by atoms with Crippen LogP contribution in [0.3, 0.4) is 0 Å². The van der Waals surface area contributed by atoms with E-state index in [0.29, 0.717) is 0 Å². The van der Waals surface area contributed by atoms with Crippen molar-refractivity contribution in [2.75, 3.05) is 18.6 Å². The zero-order valence-corrected chi connectivity index (χ0v) is 14.8. The highest BCUT2D eigenvalue weighted by atomic mass is 35.5. The molecular weight excluding hydrogens is 324 g/mol. The van der Waals surface area contributed by atoms with Gasteiger partial charge < -0.3 is 15.0 Å². The van der Waals surface area contributed by atoms with Crippen LogP contribution >= 0.6 is 35.6 Å². The van der Waals surface area contributed by atoms with Crippen molar-refractivity contribution in [1.29, 1.82) is 0 Å². The smallest absolute Gasteiger partial charge is 0.184 e. The molecule has 0 amide bonds. The van der Waals surface area contributed by atoms with E-state index in [4.69, 9.17) is 28.6 Å². The number of benzene rings is 1. The van der Waals surface area contributed by atoms with Crippen molar-refractivity contribution in [1.82, 2.24) is 10.2 Å². The summed E-state index contributed by atoms with van der Waals surface area (Å²) in [5, 5.41) is 4.97. The van der Waals surface area contributed by atoms with Crippen LogP contribution in [0.2, 0.25) is 5.02 Å². The maximum absolute atomic E-state index is 6.39. The Bertz CT molecular complexity index is 595. The normalized spacial score (nSPS) is 27.0. The molecule has 3 rings (SSSR count). The number of hydrogen-bond acceptors (Lipinski definition) is 3. The number of aryl methyl sites for hydroxylation is 1. The first-order chi connectivity index (χ1) is 9.94. The first-order valence-corrected chi connectivity index (χ1v) is 9.19. The number of thiocarbonyl (C=S) groups is 1. The summed E-state index contributed by atoms with van der Waals surface area (Å²) in [6.45, 7) is 5.06. The second-order valence-electron chi connectivity index (χ2n) is 5.77. The van der Waals surface area contributed by atoms with Crippen LogP contribution in [-0.4, -0.2) is 34.3 Å². The van der Waals surface area contributed by atoms with Crippen molar-refractivity contribution >= 4 is 40.7 Å². The van der Waals surface area contributed by atoms with Crippen LogP contribution < -0.4 is 10.1 Å². The van der Waals surface area contributed by atoms with Crippen molar-refractivity contribution < 1.29 is 4.74 Å². The van der Waals surface area contributed by atoms with Crippen LogP contribution in [0.4, 0.5) is 0 Å². The van der Waals surface area contributed by atoms with Gasteiger partial charge in [-0.1, -0.05) is 11.6 Å². The van der Waals surface area contributed by atoms with Crippen LogP contribution in [0, 0.1) is 6.92 Å². The van der Waals surface area contributed by atoms with Crippen molar-refractivity contribution in [2.45, 2.75) is 32.0 Å². The van der Waals surface area contributed by atoms with Crippen LogP contribution in [-0.2, 0) is 0 Å². The number of thioether (sulfide) groups is 1. The number of fused-ring (bicyclic) bond motifs is 4. The molecule has 1 fully saturated rings. The highest BCUT2D eigenvalue weighted by Gasteiger charge is 2.47. The third kappa shape index (κ3) is 2.60. The van der Waals surface area contributed by atoms with Gasteiger partial charge in [0.25, 0.3) is 0 Å². The Morgan fingerprint density at radius 2 is 2.33 bits per heavy atom. The predicted molar refractivity (Wildman–Crippen MR) is 93.4 cm³/mol. The van der Waals surface area contributed by atoms with Gasteiger partial charge in [-0.05, 0) is 50.0 Å². The maximum Gasteiger partial charge on any atom is 0.184 e. The molecule has 0 radical (unpaired) electrons. The van der Waals surface area contributed by atoms with Gasteiger partial charge in [0.15, 0.2) is 10.8 Å². The molecule has 114 valence electrons. The maximum atomic E-state index is 6.39. The van der Waals surface area contributed by atoms with Gasteiger partial charge in [0, 0.05) is 29.3 Å². The summed E-state index contributed by atoms with van der Waals surface area (Å²) in [5.41, 5.74) is 1.81. The molecular formula is C15H19ClN2OS2. The van der Waals surface area contributed by atoms with Crippen LogP contribution in [0.1, 0.15) is 30.5 Å². The van der Waals surface area contributed by atoms with Gasteiger partial charge in [0.05, 0.1) is 6.04 Å². The molecule has 1 N–H and O–H groups in total. The summed E-state index contributed by atoms with van der Waals surface area (Å²) in [6.07, 6.45) is 2.98. The first kappa shape index (κ1) is 15.3. The molecule has 1 aromatic rings. The molecule has 1 aromatic carbocycles. The Kier molecular flexibility index (Phi) is 4.01. The second-order valence-corrected chi connectivity index (χ2v) is 7.58. The lowest BCUT2D eigenvalue weighted by Gasteiger charge is -2.52. The number of hydrogen-bond donors (Lipinski definition) is 1. The molecule has 1 saturated heterocycles. The zero-order valence-electron chi connectivity index (χ0n) is 12.4. The van der Waals surface area contributed by atoms with Gasteiger partial charge in [0.2, 0.25) is 0 Å². The van der Waals surface area contributed by atoms with Crippen molar-refractivity contribution in [3.8, 4) is 5.75 Å². The van der Waals surface area contributed by atoms with Gasteiger partial charge in [-0.3, -0.25) is 0 Å². The van der Waals surface area contributed by atoms with Gasteiger partial charge in [-0.25, -0.2) is 0 Å². The molecule has 2 heterocycles. The van der Waals surface area contributed by atoms with Gasteiger partial charge in [0.1, 0.15) is 5.75 Å². The third-order valence-electron chi connectivity index (χ3n) is 4.18. The number of nitrogens with zero attached hydrogens (tertiary/aromatic N) is 1. The topological polar surface area (TPSA) is 24.5 Å². The van der Waals surface area contributed by atoms with E-state index in [9.17, 15) is 0 Å². The molecule has 0 aliphatic carbocycles. The monoisotopic (exact) mass is 342 g/mol. The van der Waals surface area contributed by atoms with Gasteiger partial charge in [-0.15, -0.1) is 0 Å². The predicted octanol–water partition coefficient (Wildman–Crippen LogP) is 3.74. The Morgan fingerprint density at radius 1 is 1.57 bits per heavy atom. The minimum Gasteiger partial charge on any atom is -0.467 e. The lowest BCUT2D eigenvalue weighted by Crippen LogP contribution is -2.65. The summed E-state index contributed by atoms with van der Waals surface area (Å²) in [6, 6.07) is 4.12. The zero-order chi connectivity index (χ0) is 15.2. The highest BCUT2D eigenvalue weighted by molar-refractivity contribution is 7.98. The fourth-order valence-corrected chi connectivity index (χ4v) is 4.23. The molecule has 2 aliphatic heterocycles. The van der Waals surface area contributed by atoms with E-state index in [1.807, 2.05) is 30.8 Å². The highest BCUT2D eigenvalue weighted by Crippen LogP contribution is 2.46. The minimum atomic E-state index is -0.381. The number of halogens is 1. The molecule has 0 saturated carbocycles. The molecule has 3 nitrogen and oxygen atoms in total. The Morgan fingerprint density at radius 3 is 3.05 bits per heavy atom. The minimum absolute atomic E-state index is 0.175. The Hall–Kier alpha value is -0.650. The van der Waals surface area contributed by atoms with E-state index >= 15 is 0 Å². The van der Waals surface area contributed by atoms with E-state index < -0.39 is 0 Å². The van der Waals surface area contributed by atoms with E-state index in [-0.39, 0.29) is 11.8 Å². The SMILES string of the molecule is CSCCN1C(=S)NC2CC1(C)Oc1c(C)cc(Cl)cc12. The number of nitrogens with one attached hydrogen (secondary N) is 1. The van der Waals surface area contributed by atoms with Crippen molar-refractivity contribution in [2.24, 2.45) is 0 Å². The van der Waals surface area contributed by atoms with Gasteiger partial charge in [-0.2, -0.15) is 11.8 Å². The molecule has 2 unspecified atom stereocenters. The van der Waals surface area contributed by atoms with Crippen molar-refractivity contribution in [3.63, 3.8) is 0 Å². The molecule has 0 spiro atoms. The molecule has 0 aromatic heterocycles.